The van der Waals surface area contributed by atoms with Crippen molar-refractivity contribution in [3.63, 3.8) is 0 Å². The molecule has 0 heterocycles. The molecule has 0 aromatic heterocycles. The SMILES string of the molecule is NCc1cccc(OCC2C3CC4CC(C3)CC2C4)c1. The molecule has 2 N–H and O–H groups in total. The summed E-state index contributed by atoms with van der Waals surface area (Å²) < 4.78 is 6.12. The van der Waals surface area contributed by atoms with Crippen LogP contribution >= 0.6 is 0 Å². The highest BCUT2D eigenvalue weighted by Gasteiger charge is 2.48. The molecule has 0 saturated heterocycles. The molecule has 4 bridgehead atoms. The largest absolute Gasteiger partial charge is 0.493 e. The predicted molar refractivity (Wildman–Crippen MR) is 80.4 cm³/mol. The van der Waals surface area contributed by atoms with E-state index in [1.54, 1.807) is 0 Å². The Labute approximate surface area is 121 Å². The van der Waals surface area contributed by atoms with Gasteiger partial charge >= 0.3 is 0 Å². The minimum atomic E-state index is 0.592. The minimum absolute atomic E-state index is 0.592. The maximum Gasteiger partial charge on any atom is 0.119 e. The summed E-state index contributed by atoms with van der Waals surface area (Å²) in [5.41, 5.74) is 6.86. The van der Waals surface area contributed by atoms with Crippen molar-refractivity contribution >= 4 is 0 Å². The second-order valence-corrected chi connectivity index (χ2v) is 7.26. The standard InChI is InChI=1S/C18H25NO/c19-10-12-2-1-3-17(9-12)20-11-18-15-5-13-4-14(7-15)8-16(18)6-13/h1-3,9,13-16,18H,4-8,10-11,19H2. The summed E-state index contributed by atoms with van der Waals surface area (Å²) in [6, 6.07) is 8.27. The van der Waals surface area contributed by atoms with Gasteiger partial charge in [0, 0.05) is 6.54 Å². The summed E-state index contributed by atoms with van der Waals surface area (Å²) >= 11 is 0. The van der Waals surface area contributed by atoms with Gasteiger partial charge in [-0.1, -0.05) is 12.1 Å². The summed E-state index contributed by atoms with van der Waals surface area (Å²) in [5, 5.41) is 0. The van der Waals surface area contributed by atoms with Gasteiger partial charge in [-0.3, -0.25) is 0 Å². The van der Waals surface area contributed by atoms with Crippen LogP contribution in [-0.2, 0) is 6.54 Å². The Kier molecular flexibility index (Phi) is 3.22. The lowest BCUT2D eigenvalue weighted by Crippen LogP contribution is -2.47. The Morgan fingerprint density at radius 2 is 1.70 bits per heavy atom. The van der Waals surface area contributed by atoms with Gasteiger partial charge in [0.25, 0.3) is 0 Å². The third kappa shape index (κ3) is 2.24. The van der Waals surface area contributed by atoms with Gasteiger partial charge in [0.2, 0.25) is 0 Å². The van der Waals surface area contributed by atoms with Crippen molar-refractivity contribution in [1.29, 1.82) is 0 Å². The average molecular weight is 271 g/mol. The van der Waals surface area contributed by atoms with E-state index < -0.39 is 0 Å². The molecule has 0 amide bonds. The second kappa shape index (κ2) is 5.07. The molecule has 2 nitrogen and oxygen atoms in total. The molecule has 4 fully saturated rings. The molecule has 0 unspecified atom stereocenters. The topological polar surface area (TPSA) is 35.2 Å². The summed E-state index contributed by atoms with van der Waals surface area (Å²) in [6.07, 6.45) is 7.43. The number of benzene rings is 1. The Hall–Kier alpha value is -1.02. The first-order chi connectivity index (χ1) is 9.81. The first-order valence-corrected chi connectivity index (χ1v) is 8.23. The summed E-state index contributed by atoms with van der Waals surface area (Å²) in [6.45, 7) is 1.51. The van der Waals surface area contributed by atoms with E-state index in [4.69, 9.17) is 10.5 Å². The van der Waals surface area contributed by atoms with Gasteiger partial charge in [-0.25, -0.2) is 0 Å². The van der Waals surface area contributed by atoms with Crippen LogP contribution in [0.25, 0.3) is 0 Å². The van der Waals surface area contributed by atoms with Gasteiger partial charge in [-0.05, 0) is 79.4 Å². The number of rotatable bonds is 4. The zero-order valence-electron chi connectivity index (χ0n) is 12.1. The maximum atomic E-state index is 6.12. The van der Waals surface area contributed by atoms with Crippen LogP contribution in [0.15, 0.2) is 24.3 Å². The van der Waals surface area contributed by atoms with Crippen LogP contribution in [0, 0.1) is 29.6 Å². The summed E-state index contributed by atoms with van der Waals surface area (Å²) in [4.78, 5) is 0. The van der Waals surface area contributed by atoms with Crippen LogP contribution in [0.4, 0.5) is 0 Å². The average Bonchev–Trinajstić information content (AvgIpc) is 2.46. The molecule has 1 aromatic rings. The normalized spacial score (nSPS) is 38.1. The quantitative estimate of drug-likeness (QED) is 0.908. The fraction of sp³-hybridized carbons (Fsp3) is 0.667. The Morgan fingerprint density at radius 1 is 1.00 bits per heavy atom. The van der Waals surface area contributed by atoms with E-state index in [9.17, 15) is 0 Å². The molecule has 5 rings (SSSR count). The van der Waals surface area contributed by atoms with E-state index >= 15 is 0 Å². The highest BCUT2D eigenvalue weighted by Crippen LogP contribution is 2.56. The van der Waals surface area contributed by atoms with Crippen LogP contribution in [0.5, 0.6) is 5.75 Å². The molecule has 4 aliphatic rings. The van der Waals surface area contributed by atoms with Gasteiger partial charge in [0.1, 0.15) is 5.75 Å². The second-order valence-electron chi connectivity index (χ2n) is 7.26. The van der Waals surface area contributed by atoms with Crippen molar-refractivity contribution in [3.8, 4) is 5.75 Å². The molecule has 1 aromatic carbocycles. The van der Waals surface area contributed by atoms with Crippen LogP contribution in [0.2, 0.25) is 0 Å². The Bertz CT molecular complexity index is 456. The van der Waals surface area contributed by atoms with E-state index in [1.807, 2.05) is 0 Å². The molecular formula is C18H25NO. The lowest BCUT2D eigenvalue weighted by molar-refractivity contribution is -0.0529. The van der Waals surface area contributed by atoms with Crippen molar-refractivity contribution in [3.05, 3.63) is 29.8 Å². The van der Waals surface area contributed by atoms with Crippen molar-refractivity contribution < 1.29 is 4.74 Å². The van der Waals surface area contributed by atoms with Gasteiger partial charge in [0.05, 0.1) is 6.61 Å². The lowest BCUT2D eigenvalue weighted by Gasteiger charge is -2.54. The van der Waals surface area contributed by atoms with Gasteiger partial charge in [0.15, 0.2) is 0 Å². The van der Waals surface area contributed by atoms with Gasteiger partial charge < -0.3 is 10.5 Å². The molecule has 0 radical (unpaired) electrons. The third-order valence-electron chi connectivity index (χ3n) is 6.00. The molecule has 2 heteroatoms. The predicted octanol–water partition coefficient (Wildman–Crippen LogP) is 3.60. The fourth-order valence-corrected chi connectivity index (χ4v) is 5.26. The molecule has 0 aliphatic heterocycles. The number of hydrogen-bond acceptors (Lipinski definition) is 2. The number of hydrogen-bond donors (Lipinski definition) is 1. The van der Waals surface area contributed by atoms with E-state index in [2.05, 4.69) is 24.3 Å². The van der Waals surface area contributed by atoms with Gasteiger partial charge in [-0.15, -0.1) is 0 Å². The van der Waals surface area contributed by atoms with E-state index in [1.165, 1.54) is 32.1 Å². The summed E-state index contributed by atoms with van der Waals surface area (Å²) in [5.74, 6) is 5.81. The van der Waals surface area contributed by atoms with Crippen molar-refractivity contribution in [1.82, 2.24) is 0 Å². The monoisotopic (exact) mass is 271 g/mol. The maximum absolute atomic E-state index is 6.12. The van der Waals surface area contributed by atoms with Crippen LogP contribution in [0.1, 0.15) is 37.7 Å². The molecule has 4 saturated carbocycles. The summed E-state index contributed by atoms with van der Waals surface area (Å²) in [7, 11) is 0. The smallest absolute Gasteiger partial charge is 0.119 e. The Balaban J connectivity index is 1.42. The number of nitrogens with two attached hydrogens (primary N) is 1. The highest BCUT2D eigenvalue weighted by molar-refractivity contribution is 5.28. The van der Waals surface area contributed by atoms with E-state index in [-0.39, 0.29) is 0 Å². The third-order valence-corrected chi connectivity index (χ3v) is 6.00. The first-order valence-electron chi connectivity index (χ1n) is 8.23. The zero-order valence-corrected chi connectivity index (χ0v) is 12.1. The van der Waals surface area contributed by atoms with Crippen LogP contribution in [0.3, 0.4) is 0 Å². The lowest BCUT2D eigenvalue weighted by atomic mass is 9.52. The molecule has 20 heavy (non-hydrogen) atoms. The van der Waals surface area contributed by atoms with Crippen LogP contribution in [-0.4, -0.2) is 6.61 Å². The first kappa shape index (κ1) is 12.7. The molecular weight excluding hydrogens is 246 g/mol. The van der Waals surface area contributed by atoms with Crippen molar-refractivity contribution in [2.75, 3.05) is 6.61 Å². The van der Waals surface area contributed by atoms with Crippen molar-refractivity contribution in [2.24, 2.45) is 35.3 Å². The number of ether oxygens (including phenoxy) is 1. The minimum Gasteiger partial charge on any atom is -0.493 e. The van der Waals surface area contributed by atoms with E-state index in [0.717, 1.165) is 47.5 Å². The van der Waals surface area contributed by atoms with Crippen molar-refractivity contribution in [2.45, 2.75) is 38.6 Å². The molecule has 4 aliphatic carbocycles. The van der Waals surface area contributed by atoms with Gasteiger partial charge in [-0.2, -0.15) is 0 Å². The Morgan fingerprint density at radius 3 is 2.35 bits per heavy atom. The molecule has 0 atom stereocenters. The fourth-order valence-electron chi connectivity index (χ4n) is 5.26. The highest BCUT2D eigenvalue weighted by atomic mass is 16.5. The van der Waals surface area contributed by atoms with Crippen LogP contribution < -0.4 is 10.5 Å². The zero-order chi connectivity index (χ0) is 13.5. The van der Waals surface area contributed by atoms with E-state index in [0.29, 0.717) is 6.54 Å². The molecule has 0 spiro atoms. The molecule has 108 valence electrons.